The Morgan fingerprint density at radius 3 is 2.28 bits per heavy atom. The monoisotopic (exact) mass is 341 g/mol. The molecule has 0 radical (unpaired) electrons. The summed E-state index contributed by atoms with van der Waals surface area (Å²) < 4.78 is 10.7. The highest BCUT2D eigenvalue weighted by molar-refractivity contribution is 5.94. The third kappa shape index (κ3) is 4.44. The molecule has 0 N–H and O–H groups in total. The molecule has 0 atom stereocenters. The maximum absolute atomic E-state index is 12.6. The van der Waals surface area contributed by atoms with E-state index in [0.717, 1.165) is 22.9 Å². The second-order valence-electron chi connectivity index (χ2n) is 5.67. The van der Waals surface area contributed by atoms with E-state index in [4.69, 9.17) is 9.47 Å². The number of methoxy groups -OCH3 is 1. The number of carbonyl (C=O) groups is 1. The zero-order valence-corrected chi connectivity index (χ0v) is 14.5. The highest BCUT2D eigenvalue weighted by Crippen LogP contribution is 2.30. The van der Waals surface area contributed by atoms with Crippen molar-refractivity contribution in [2.24, 2.45) is 0 Å². The van der Waals surface area contributed by atoms with Crippen LogP contribution < -0.4 is 9.47 Å². The summed E-state index contributed by atoms with van der Waals surface area (Å²) in [6, 6.07) is 8.57. The molecule has 0 saturated carbocycles. The van der Waals surface area contributed by atoms with Gasteiger partial charge in [0, 0.05) is 6.08 Å². The van der Waals surface area contributed by atoms with Crippen LogP contribution in [0.2, 0.25) is 0 Å². The van der Waals surface area contributed by atoms with Gasteiger partial charge in [0.15, 0.2) is 11.5 Å². The Hall–Kier alpha value is -3.15. The fourth-order valence-electron chi connectivity index (χ4n) is 2.67. The Morgan fingerprint density at radius 2 is 1.72 bits per heavy atom. The Morgan fingerprint density at radius 1 is 1.08 bits per heavy atom. The Balaban J connectivity index is 2.31. The molecule has 25 heavy (non-hydrogen) atoms. The summed E-state index contributed by atoms with van der Waals surface area (Å²) in [6.07, 6.45) is 2.17. The van der Waals surface area contributed by atoms with Crippen molar-refractivity contribution in [1.29, 1.82) is 0 Å². The number of esters is 1. The molecule has 0 bridgehead atoms. The van der Waals surface area contributed by atoms with E-state index in [9.17, 15) is 14.9 Å². The van der Waals surface area contributed by atoms with Crippen LogP contribution in [-0.4, -0.2) is 18.0 Å². The van der Waals surface area contributed by atoms with Crippen LogP contribution in [0, 0.1) is 30.9 Å². The lowest BCUT2D eigenvalue weighted by Crippen LogP contribution is -2.13. The van der Waals surface area contributed by atoms with Crippen LogP contribution in [0.3, 0.4) is 0 Å². The minimum atomic E-state index is -0.552. The molecule has 0 heterocycles. The van der Waals surface area contributed by atoms with E-state index in [1.54, 1.807) is 18.2 Å². The maximum atomic E-state index is 12.6. The van der Waals surface area contributed by atoms with Crippen molar-refractivity contribution >= 4 is 12.0 Å². The molecular formula is C19H19NO5. The molecule has 0 unspecified atom stereocenters. The Labute approximate surface area is 145 Å². The Kier molecular flexibility index (Phi) is 5.54. The molecule has 0 fully saturated rings. The predicted molar refractivity (Wildman–Crippen MR) is 94.6 cm³/mol. The molecule has 6 heteroatoms. The molecule has 0 amide bonds. The second-order valence-corrected chi connectivity index (χ2v) is 5.67. The third-order valence-corrected chi connectivity index (χ3v) is 3.66. The quantitative estimate of drug-likeness (QED) is 0.354. The molecule has 130 valence electrons. The number of rotatable bonds is 5. The van der Waals surface area contributed by atoms with Crippen LogP contribution in [0.5, 0.6) is 11.5 Å². The van der Waals surface area contributed by atoms with Gasteiger partial charge in [-0.1, -0.05) is 23.8 Å². The largest absolute Gasteiger partial charge is 0.493 e. The molecule has 6 nitrogen and oxygen atoms in total. The van der Waals surface area contributed by atoms with E-state index in [-0.39, 0.29) is 5.75 Å². The smallest absolute Gasteiger partial charge is 0.344 e. The lowest BCUT2D eigenvalue weighted by Gasteiger charge is -2.13. The number of ether oxygens (including phenoxy) is 2. The lowest BCUT2D eigenvalue weighted by atomic mass is 10.00. The number of hydrogen-bond donors (Lipinski definition) is 0. The molecule has 0 saturated heterocycles. The second kappa shape index (κ2) is 7.61. The number of nitrogens with zero attached hydrogens (tertiary/aromatic N) is 1. The molecule has 0 aliphatic heterocycles. The van der Waals surface area contributed by atoms with Gasteiger partial charge in [-0.15, -0.1) is 0 Å². The van der Waals surface area contributed by atoms with Gasteiger partial charge >= 0.3 is 5.97 Å². The summed E-state index contributed by atoms with van der Waals surface area (Å²) in [6.45, 7) is 5.69. The molecular weight excluding hydrogens is 322 g/mol. The van der Waals surface area contributed by atoms with Crippen molar-refractivity contribution in [1.82, 2.24) is 0 Å². The highest BCUT2D eigenvalue weighted by atomic mass is 16.6. The topological polar surface area (TPSA) is 78.7 Å². The first-order valence-corrected chi connectivity index (χ1v) is 7.61. The van der Waals surface area contributed by atoms with E-state index in [0.29, 0.717) is 16.9 Å². The van der Waals surface area contributed by atoms with Crippen molar-refractivity contribution in [3.63, 3.8) is 0 Å². The van der Waals surface area contributed by atoms with Gasteiger partial charge in [0.2, 0.25) is 6.20 Å². The van der Waals surface area contributed by atoms with Gasteiger partial charge in [0.25, 0.3) is 0 Å². The highest BCUT2D eigenvalue weighted by Gasteiger charge is 2.17. The normalized spacial score (nSPS) is 10.7. The summed E-state index contributed by atoms with van der Waals surface area (Å²) in [5, 5.41) is 10.4. The first-order valence-electron chi connectivity index (χ1n) is 7.61. The Bertz CT molecular complexity index is 832. The summed E-state index contributed by atoms with van der Waals surface area (Å²) in [4.78, 5) is 22.4. The average Bonchev–Trinajstić information content (AvgIpc) is 2.52. The van der Waals surface area contributed by atoms with Crippen molar-refractivity contribution in [3.8, 4) is 11.5 Å². The van der Waals surface area contributed by atoms with Gasteiger partial charge < -0.3 is 9.47 Å². The minimum absolute atomic E-state index is 0.255. The number of benzene rings is 2. The molecule has 2 aromatic rings. The van der Waals surface area contributed by atoms with E-state index in [2.05, 4.69) is 0 Å². The maximum Gasteiger partial charge on any atom is 0.344 e. The zero-order chi connectivity index (χ0) is 18.6. The number of aryl methyl sites for hydroxylation is 3. The lowest BCUT2D eigenvalue weighted by molar-refractivity contribution is -0.400. The van der Waals surface area contributed by atoms with E-state index in [1.165, 1.54) is 13.2 Å². The number of nitro groups is 1. The SMILES string of the molecule is COc1cc(/C=C/[N+](=O)[O-])ccc1OC(=O)c1c(C)cc(C)cc1C. The molecule has 0 spiro atoms. The van der Waals surface area contributed by atoms with Crippen LogP contribution in [0.25, 0.3) is 6.08 Å². The van der Waals surface area contributed by atoms with Crippen LogP contribution in [0.15, 0.2) is 36.5 Å². The first-order chi connectivity index (χ1) is 11.8. The fraction of sp³-hybridized carbons (Fsp3) is 0.211. The fourth-order valence-corrected chi connectivity index (χ4v) is 2.67. The molecule has 0 aromatic heterocycles. The predicted octanol–water partition coefficient (Wildman–Crippen LogP) is 4.09. The summed E-state index contributed by atoms with van der Waals surface area (Å²) in [5.74, 6) is 0.105. The van der Waals surface area contributed by atoms with Gasteiger partial charge in [-0.2, -0.15) is 0 Å². The standard InChI is InChI=1S/C19H19NO5/c1-12-9-13(2)18(14(3)10-12)19(21)25-16-6-5-15(7-8-20(22)23)11-17(16)24-4/h5-11H,1-4H3/b8-7+. The van der Waals surface area contributed by atoms with E-state index in [1.807, 2.05) is 32.9 Å². The van der Waals surface area contributed by atoms with Gasteiger partial charge in [0.05, 0.1) is 17.6 Å². The van der Waals surface area contributed by atoms with Crippen molar-refractivity contribution in [2.75, 3.05) is 7.11 Å². The van der Waals surface area contributed by atoms with Gasteiger partial charge in [-0.3, -0.25) is 10.1 Å². The molecule has 0 aliphatic carbocycles. The van der Waals surface area contributed by atoms with Crippen LogP contribution in [-0.2, 0) is 0 Å². The average molecular weight is 341 g/mol. The number of hydrogen-bond acceptors (Lipinski definition) is 5. The minimum Gasteiger partial charge on any atom is -0.493 e. The van der Waals surface area contributed by atoms with Crippen molar-refractivity contribution in [2.45, 2.75) is 20.8 Å². The summed E-state index contributed by atoms with van der Waals surface area (Å²) in [5.41, 5.74) is 3.84. The van der Waals surface area contributed by atoms with E-state index < -0.39 is 10.9 Å². The van der Waals surface area contributed by atoms with Crippen molar-refractivity contribution in [3.05, 3.63) is 74.5 Å². The van der Waals surface area contributed by atoms with E-state index >= 15 is 0 Å². The molecule has 2 rings (SSSR count). The first kappa shape index (κ1) is 18.2. The summed E-state index contributed by atoms with van der Waals surface area (Å²) >= 11 is 0. The van der Waals surface area contributed by atoms with Gasteiger partial charge in [-0.05, 0) is 49.6 Å². The molecule has 0 aliphatic rings. The van der Waals surface area contributed by atoms with Crippen LogP contribution in [0.4, 0.5) is 0 Å². The summed E-state index contributed by atoms with van der Waals surface area (Å²) in [7, 11) is 1.44. The zero-order valence-electron chi connectivity index (χ0n) is 14.5. The third-order valence-electron chi connectivity index (χ3n) is 3.66. The van der Waals surface area contributed by atoms with Crippen LogP contribution in [0.1, 0.15) is 32.6 Å². The van der Waals surface area contributed by atoms with Crippen LogP contribution >= 0.6 is 0 Å². The number of carbonyl (C=O) groups excluding carboxylic acids is 1. The van der Waals surface area contributed by atoms with Gasteiger partial charge in [0.1, 0.15) is 0 Å². The van der Waals surface area contributed by atoms with Crippen molar-refractivity contribution < 1.29 is 19.2 Å². The molecule has 2 aromatic carbocycles. The van der Waals surface area contributed by atoms with Gasteiger partial charge in [-0.25, -0.2) is 4.79 Å².